The summed E-state index contributed by atoms with van der Waals surface area (Å²) in [5, 5.41) is 20.3. The van der Waals surface area contributed by atoms with Gasteiger partial charge in [-0.2, -0.15) is 13.2 Å². The van der Waals surface area contributed by atoms with Crippen molar-refractivity contribution in [1.82, 2.24) is 26.2 Å². The molecule has 1 aliphatic rings. The number of carbonyl (C=O) groups is 5. The van der Waals surface area contributed by atoms with Gasteiger partial charge >= 0.3 is 6.18 Å². The largest absolute Gasteiger partial charge is 0.417 e. The first kappa shape index (κ1) is 34.0. The van der Waals surface area contributed by atoms with Gasteiger partial charge in [-0.3, -0.25) is 24.0 Å². The molecular weight excluding hydrogens is 583 g/mol. The van der Waals surface area contributed by atoms with Crippen molar-refractivity contribution >= 4 is 29.5 Å². The summed E-state index contributed by atoms with van der Waals surface area (Å²) in [5.41, 5.74) is -1.22. The van der Waals surface area contributed by atoms with Crippen LogP contribution in [0.25, 0.3) is 0 Å². The zero-order chi connectivity index (χ0) is 32.6. The number of amides is 5. The van der Waals surface area contributed by atoms with Crippen molar-refractivity contribution in [2.24, 2.45) is 5.92 Å². The van der Waals surface area contributed by atoms with Gasteiger partial charge in [0.25, 0.3) is 5.91 Å². The topological polar surface area (TPSA) is 157 Å². The standard InChI is InChI=1S/C30H36F3N5O6/c1-17(2)24-28(43)35-22(15-19-9-5-4-6-10-19)26(41)37-25(18(3)39)27(42)34-13-14-38(16-23(40)36-24)29(44)20-11-7-8-12-21(20)30(31,32)33/h4-12,17-18,22,24-25,39H,13-16H2,1-3H3,(H,34,42)(H,35,43)(H,36,40)(H,37,41)/t18-,22+,24-,25+/m1/s1. The Morgan fingerprint density at radius 3 is 2.14 bits per heavy atom. The van der Waals surface area contributed by atoms with Crippen molar-refractivity contribution in [2.75, 3.05) is 19.6 Å². The van der Waals surface area contributed by atoms with Crippen molar-refractivity contribution in [3.8, 4) is 0 Å². The van der Waals surface area contributed by atoms with Crippen LogP contribution in [0.4, 0.5) is 13.2 Å². The predicted molar refractivity (Wildman–Crippen MR) is 153 cm³/mol. The van der Waals surface area contributed by atoms with Crippen LogP contribution in [-0.4, -0.2) is 83.4 Å². The van der Waals surface area contributed by atoms with E-state index in [2.05, 4.69) is 21.3 Å². The van der Waals surface area contributed by atoms with Gasteiger partial charge in [0, 0.05) is 19.5 Å². The maximum absolute atomic E-state index is 13.7. The zero-order valence-corrected chi connectivity index (χ0v) is 24.5. The molecule has 0 aliphatic carbocycles. The minimum absolute atomic E-state index is 0.0201. The fourth-order valence-electron chi connectivity index (χ4n) is 4.67. The van der Waals surface area contributed by atoms with E-state index in [4.69, 9.17) is 0 Å². The van der Waals surface area contributed by atoms with Gasteiger partial charge in [-0.15, -0.1) is 0 Å². The smallest absolute Gasteiger partial charge is 0.391 e. The van der Waals surface area contributed by atoms with E-state index in [1.54, 1.807) is 44.2 Å². The lowest BCUT2D eigenvalue weighted by molar-refractivity contribution is -0.138. The van der Waals surface area contributed by atoms with Crippen LogP contribution >= 0.6 is 0 Å². The lowest BCUT2D eigenvalue weighted by Gasteiger charge is -2.27. The van der Waals surface area contributed by atoms with Crippen molar-refractivity contribution in [1.29, 1.82) is 0 Å². The quantitative estimate of drug-likeness (QED) is 0.336. The van der Waals surface area contributed by atoms with Gasteiger partial charge in [0.05, 0.1) is 23.8 Å². The fourth-order valence-corrected chi connectivity index (χ4v) is 4.67. The highest BCUT2D eigenvalue weighted by molar-refractivity contribution is 5.99. The normalized spacial score (nSPS) is 21.7. The van der Waals surface area contributed by atoms with E-state index in [1.807, 2.05) is 0 Å². The van der Waals surface area contributed by atoms with Crippen molar-refractivity contribution in [3.63, 3.8) is 0 Å². The second-order valence-corrected chi connectivity index (χ2v) is 10.8. The number of carbonyl (C=O) groups excluding carboxylic acids is 5. The van der Waals surface area contributed by atoms with Crippen LogP contribution in [0.2, 0.25) is 0 Å². The van der Waals surface area contributed by atoms with Crippen LogP contribution in [0.15, 0.2) is 54.6 Å². The van der Waals surface area contributed by atoms with Crippen LogP contribution < -0.4 is 21.3 Å². The summed E-state index contributed by atoms with van der Waals surface area (Å²) < 4.78 is 41.0. The Bertz CT molecular complexity index is 1350. The number of aliphatic hydroxyl groups excluding tert-OH is 1. The van der Waals surface area contributed by atoms with Gasteiger partial charge in [-0.25, -0.2) is 0 Å². The molecule has 4 atom stereocenters. The maximum atomic E-state index is 13.7. The molecule has 2 aromatic rings. The van der Waals surface area contributed by atoms with E-state index in [-0.39, 0.29) is 13.0 Å². The number of alkyl halides is 3. The molecule has 1 aliphatic heterocycles. The number of rotatable bonds is 5. The SMILES string of the molecule is CC(C)[C@H]1NC(=O)CN(C(=O)c2ccccc2C(F)(F)F)CCNC(=O)[C@H]([C@@H](C)O)NC(=O)[C@H](Cc2ccccc2)NC1=O. The highest BCUT2D eigenvalue weighted by atomic mass is 19.4. The molecule has 0 bridgehead atoms. The van der Waals surface area contributed by atoms with E-state index in [0.29, 0.717) is 5.56 Å². The molecule has 3 rings (SSSR count). The number of nitrogens with zero attached hydrogens (tertiary/aromatic N) is 1. The summed E-state index contributed by atoms with van der Waals surface area (Å²) in [6.45, 7) is 3.08. The molecular formula is C30H36F3N5O6. The fraction of sp³-hybridized carbons (Fsp3) is 0.433. The van der Waals surface area contributed by atoms with E-state index >= 15 is 0 Å². The Labute approximate surface area is 252 Å². The van der Waals surface area contributed by atoms with E-state index in [0.717, 1.165) is 23.1 Å². The number of halogens is 3. The van der Waals surface area contributed by atoms with Crippen molar-refractivity contribution in [3.05, 3.63) is 71.3 Å². The molecule has 14 heteroatoms. The van der Waals surface area contributed by atoms with Crippen LogP contribution in [0, 0.1) is 5.92 Å². The molecule has 5 N–H and O–H groups in total. The number of hydrogen-bond donors (Lipinski definition) is 5. The first-order valence-corrected chi connectivity index (χ1v) is 14.0. The Morgan fingerprint density at radius 2 is 1.52 bits per heavy atom. The monoisotopic (exact) mass is 619 g/mol. The van der Waals surface area contributed by atoms with Gasteiger partial charge < -0.3 is 31.3 Å². The van der Waals surface area contributed by atoms with Crippen molar-refractivity contribution in [2.45, 2.75) is 57.6 Å². The van der Waals surface area contributed by atoms with E-state index < -0.39 is 90.1 Å². The number of benzene rings is 2. The minimum atomic E-state index is -4.86. The first-order valence-electron chi connectivity index (χ1n) is 14.0. The summed E-state index contributed by atoms with van der Waals surface area (Å²) >= 11 is 0. The molecule has 2 aromatic carbocycles. The number of aliphatic hydroxyl groups is 1. The molecule has 11 nitrogen and oxygen atoms in total. The third-order valence-corrected chi connectivity index (χ3v) is 7.01. The third kappa shape index (κ3) is 9.02. The predicted octanol–water partition coefficient (Wildman–Crippen LogP) is 1.01. The van der Waals surface area contributed by atoms with Gasteiger partial charge in [0.1, 0.15) is 18.1 Å². The third-order valence-electron chi connectivity index (χ3n) is 7.01. The van der Waals surface area contributed by atoms with Gasteiger partial charge in [0.15, 0.2) is 0 Å². The average molecular weight is 620 g/mol. The first-order chi connectivity index (χ1) is 20.7. The van der Waals surface area contributed by atoms with Crippen LogP contribution in [0.5, 0.6) is 0 Å². The highest BCUT2D eigenvalue weighted by Crippen LogP contribution is 2.32. The summed E-state index contributed by atoms with van der Waals surface area (Å²) in [4.78, 5) is 67.1. The summed E-state index contributed by atoms with van der Waals surface area (Å²) in [6, 6.07) is 8.94. The van der Waals surface area contributed by atoms with Gasteiger partial charge in [-0.05, 0) is 30.5 Å². The summed E-state index contributed by atoms with van der Waals surface area (Å²) in [5.74, 6) is -4.83. The zero-order valence-electron chi connectivity index (χ0n) is 24.5. The Kier molecular flexibility index (Phi) is 11.5. The minimum Gasteiger partial charge on any atom is -0.391 e. The molecule has 0 radical (unpaired) electrons. The maximum Gasteiger partial charge on any atom is 0.417 e. The Balaban J connectivity index is 1.98. The number of hydrogen-bond acceptors (Lipinski definition) is 6. The second-order valence-electron chi connectivity index (χ2n) is 10.8. The molecule has 0 saturated carbocycles. The highest BCUT2D eigenvalue weighted by Gasteiger charge is 2.37. The van der Waals surface area contributed by atoms with Gasteiger partial charge in [-0.1, -0.05) is 56.3 Å². The molecule has 0 spiro atoms. The molecule has 1 fully saturated rings. The van der Waals surface area contributed by atoms with Crippen LogP contribution in [0.3, 0.4) is 0 Å². The van der Waals surface area contributed by atoms with E-state index in [1.165, 1.54) is 13.0 Å². The van der Waals surface area contributed by atoms with Crippen LogP contribution in [-0.2, 0) is 31.8 Å². The number of nitrogens with one attached hydrogen (secondary N) is 4. The lowest BCUT2D eigenvalue weighted by Crippen LogP contribution is -2.60. The summed E-state index contributed by atoms with van der Waals surface area (Å²) in [6.07, 6.45) is -6.22. The molecule has 44 heavy (non-hydrogen) atoms. The molecule has 1 saturated heterocycles. The second kappa shape index (κ2) is 14.8. The summed E-state index contributed by atoms with van der Waals surface area (Å²) in [7, 11) is 0. The molecule has 1 heterocycles. The average Bonchev–Trinajstić information content (AvgIpc) is 2.96. The van der Waals surface area contributed by atoms with E-state index in [9.17, 15) is 42.3 Å². The van der Waals surface area contributed by atoms with Crippen LogP contribution in [0.1, 0.15) is 42.3 Å². The van der Waals surface area contributed by atoms with Gasteiger partial charge in [0.2, 0.25) is 23.6 Å². The molecule has 5 amide bonds. The lowest BCUT2D eigenvalue weighted by atomic mass is 10.0. The Morgan fingerprint density at radius 1 is 0.886 bits per heavy atom. The Hall–Kier alpha value is -4.46. The van der Waals surface area contributed by atoms with Crippen molar-refractivity contribution < 1.29 is 42.3 Å². The molecule has 0 unspecified atom stereocenters. The molecule has 238 valence electrons. The molecule has 0 aromatic heterocycles.